The van der Waals surface area contributed by atoms with Crippen LogP contribution in [-0.4, -0.2) is 21.9 Å². The Kier molecular flexibility index (Phi) is 3.78. The van der Waals surface area contributed by atoms with Gasteiger partial charge in [0.15, 0.2) is 5.82 Å². The number of hydrogen-bond acceptors (Lipinski definition) is 2. The summed E-state index contributed by atoms with van der Waals surface area (Å²) in [6, 6.07) is 9.00. The maximum Gasteiger partial charge on any atom is 0.471 e. The van der Waals surface area contributed by atoms with E-state index in [9.17, 15) is 18.0 Å². The number of nitrogens with zero attached hydrogens (tertiary/aromatic N) is 2. The molecule has 1 heterocycles. The highest BCUT2D eigenvalue weighted by atomic mass is 19.4. The fourth-order valence-corrected chi connectivity index (χ4v) is 1.70. The summed E-state index contributed by atoms with van der Waals surface area (Å²) in [5.41, 5.74) is 2.06. The van der Waals surface area contributed by atoms with Crippen LogP contribution in [0.2, 0.25) is 0 Å². The second-order valence-electron chi connectivity index (χ2n) is 4.34. The van der Waals surface area contributed by atoms with Gasteiger partial charge in [0.25, 0.3) is 0 Å². The topological polar surface area (TPSA) is 46.9 Å². The number of rotatable bonds is 3. The van der Waals surface area contributed by atoms with Gasteiger partial charge in [-0.2, -0.15) is 18.3 Å². The maximum atomic E-state index is 12.1. The number of carbonyl (C=O) groups is 1. The number of nitrogens with one attached hydrogen (secondary N) is 1. The highest BCUT2D eigenvalue weighted by molar-refractivity contribution is 5.94. The molecule has 0 radical (unpaired) electrons. The molecular weight excluding hydrogens is 271 g/mol. The molecule has 0 aliphatic rings. The van der Waals surface area contributed by atoms with E-state index >= 15 is 0 Å². The number of amides is 1. The molecule has 1 amide bonds. The van der Waals surface area contributed by atoms with Crippen molar-refractivity contribution in [2.75, 3.05) is 5.32 Å². The summed E-state index contributed by atoms with van der Waals surface area (Å²) in [6.45, 7) is 2.37. The lowest BCUT2D eigenvalue weighted by Gasteiger charge is -2.05. The van der Waals surface area contributed by atoms with Gasteiger partial charge in [0.1, 0.15) is 0 Å². The molecule has 1 aromatic carbocycles. The average Bonchev–Trinajstić information content (AvgIpc) is 2.75. The maximum absolute atomic E-state index is 12.1. The van der Waals surface area contributed by atoms with Crippen LogP contribution in [0.4, 0.5) is 19.0 Å². The molecule has 0 saturated heterocycles. The molecule has 0 bridgehead atoms. The summed E-state index contributed by atoms with van der Waals surface area (Å²) >= 11 is 0. The predicted octanol–water partition coefficient (Wildman–Crippen LogP) is 2.74. The Labute approximate surface area is 113 Å². The number of aryl methyl sites for hydroxylation is 1. The van der Waals surface area contributed by atoms with Crippen LogP contribution in [0.3, 0.4) is 0 Å². The molecule has 4 nitrogen and oxygen atoms in total. The molecule has 0 aliphatic heterocycles. The molecule has 106 valence electrons. The van der Waals surface area contributed by atoms with Gasteiger partial charge in [0.05, 0.1) is 6.54 Å². The minimum atomic E-state index is -4.92. The molecule has 1 N–H and O–H groups in total. The zero-order valence-corrected chi connectivity index (χ0v) is 10.6. The van der Waals surface area contributed by atoms with Crippen LogP contribution in [0.5, 0.6) is 0 Å². The number of aromatic nitrogens is 2. The van der Waals surface area contributed by atoms with Gasteiger partial charge in [-0.1, -0.05) is 29.8 Å². The van der Waals surface area contributed by atoms with E-state index in [1.807, 2.05) is 31.2 Å². The first kappa shape index (κ1) is 14.1. The molecule has 1 aromatic heterocycles. The van der Waals surface area contributed by atoms with E-state index in [0.29, 0.717) is 6.54 Å². The van der Waals surface area contributed by atoms with E-state index in [2.05, 4.69) is 5.10 Å². The van der Waals surface area contributed by atoms with Crippen LogP contribution in [-0.2, 0) is 11.3 Å². The first-order chi connectivity index (χ1) is 9.34. The molecule has 0 saturated carbocycles. The lowest BCUT2D eigenvalue weighted by Crippen LogP contribution is -2.30. The van der Waals surface area contributed by atoms with E-state index < -0.39 is 12.1 Å². The van der Waals surface area contributed by atoms with Crippen molar-refractivity contribution in [3.05, 3.63) is 47.7 Å². The lowest BCUT2D eigenvalue weighted by atomic mass is 10.1. The smallest absolute Gasteiger partial charge is 0.301 e. The van der Waals surface area contributed by atoms with Gasteiger partial charge in [0, 0.05) is 12.3 Å². The molecule has 0 atom stereocenters. The van der Waals surface area contributed by atoms with Gasteiger partial charge in [-0.25, -0.2) is 0 Å². The van der Waals surface area contributed by atoms with Gasteiger partial charge in [-0.3, -0.25) is 9.48 Å². The number of carbonyl (C=O) groups excluding carboxylic acids is 1. The van der Waals surface area contributed by atoms with Crippen molar-refractivity contribution in [3.8, 4) is 0 Å². The standard InChI is InChI=1S/C13H12F3N3O/c1-9-3-2-4-10(7-9)8-19-6-5-11(18-19)17-12(20)13(14,15)16/h2-7H,8H2,1H3,(H,17,18,20). The molecule has 7 heteroatoms. The normalized spacial score (nSPS) is 11.4. The third-order valence-electron chi connectivity index (χ3n) is 2.57. The number of anilines is 1. The Morgan fingerprint density at radius 1 is 1.35 bits per heavy atom. The van der Waals surface area contributed by atoms with Crippen molar-refractivity contribution in [2.45, 2.75) is 19.6 Å². The summed E-state index contributed by atoms with van der Waals surface area (Å²) < 4.78 is 37.7. The monoisotopic (exact) mass is 283 g/mol. The minimum absolute atomic E-state index is 0.125. The highest BCUT2D eigenvalue weighted by Crippen LogP contribution is 2.17. The first-order valence-electron chi connectivity index (χ1n) is 5.82. The van der Waals surface area contributed by atoms with Crippen LogP contribution >= 0.6 is 0 Å². The molecule has 0 unspecified atom stereocenters. The fraction of sp³-hybridized carbons (Fsp3) is 0.231. The van der Waals surface area contributed by atoms with Gasteiger partial charge >= 0.3 is 12.1 Å². The second-order valence-corrected chi connectivity index (χ2v) is 4.34. The molecule has 2 rings (SSSR count). The largest absolute Gasteiger partial charge is 0.471 e. The first-order valence-corrected chi connectivity index (χ1v) is 5.82. The van der Waals surface area contributed by atoms with Crippen molar-refractivity contribution in [2.24, 2.45) is 0 Å². The number of alkyl halides is 3. The van der Waals surface area contributed by atoms with Gasteiger partial charge in [-0.15, -0.1) is 0 Å². The zero-order chi connectivity index (χ0) is 14.8. The lowest BCUT2D eigenvalue weighted by molar-refractivity contribution is -0.167. The molecule has 0 aliphatic carbocycles. The Bertz CT molecular complexity index is 619. The third-order valence-corrected chi connectivity index (χ3v) is 2.57. The Morgan fingerprint density at radius 3 is 2.75 bits per heavy atom. The van der Waals surface area contributed by atoms with Crippen LogP contribution < -0.4 is 5.32 Å². The van der Waals surface area contributed by atoms with Crippen molar-refractivity contribution in [3.63, 3.8) is 0 Å². The summed E-state index contributed by atoms with van der Waals surface area (Å²) in [7, 11) is 0. The number of hydrogen-bond donors (Lipinski definition) is 1. The summed E-state index contributed by atoms with van der Waals surface area (Å²) in [5, 5.41) is 5.58. The Balaban J connectivity index is 2.04. The molecular formula is C13H12F3N3O. The van der Waals surface area contributed by atoms with Crippen molar-refractivity contribution in [1.29, 1.82) is 0 Å². The van der Waals surface area contributed by atoms with E-state index in [-0.39, 0.29) is 5.82 Å². The summed E-state index contributed by atoms with van der Waals surface area (Å²) in [4.78, 5) is 10.8. The molecule has 0 spiro atoms. The van der Waals surface area contributed by atoms with Crippen molar-refractivity contribution >= 4 is 11.7 Å². The predicted molar refractivity (Wildman–Crippen MR) is 67.2 cm³/mol. The van der Waals surface area contributed by atoms with Gasteiger partial charge in [-0.05, 0) is 12.5 Å². The van der Waals surface area contributed by atoms with Crippen LogP contribution in [0, 0.1) is 6.92 Å². The quantitative estimate of drug-likeness (QED) is 0.941. The van der Waals surface area contributed by atoms with Gasteiger partial charge in [0.2, 0.25) is 0 Å². The average molecular weight is 283 g/mol. The van der Waals surface area contributed by atoms with E-state index in [1.165, 1.54) is 16.9 Å². The number of halogens is 3. The zero-order valence-electron chi connectivity index (χ0n) is 10.6. The van der Waals surface area contributed by atoms with Gasteiger partial charge < -0.3 is 5.32 Å². The molecule has 2 aromatic rings. The van der Waals surface area contributed by atoms with Crippen molar-refractivity contribution < 1.29 is 18.0 Å². The van der Waals surface area contributed by atoms with Crippen LogP contribution in [0.25, 0.3) is 0 Å². The Hall–Kier alpha value is -2.31. The Morgan fingerprint density at radius 2 is 2.10 bits per heavy atom. The summed E-state index contributed by atoms with van der Waals surface area (Å²) in [5.74, 6) is -2.15. The second kappa shape index (κ2) is 5.36. The summed E-state index contributed by atoms with van der Waals surface area (Å²) in [6.07, 6.45) is -3.41. The van der Waals surface area contributed by atoms with E-state index in [0.717, 1.165) is 11.1 Å². The molecule has 20 heavy (non-hydrogen) atoms. The van der Waals surface area contributed by atoms with E-state index in [4.69, 9.17) is 0 Å². The minimum Gasteiger partial charge on any atom is -0.301 e. The SMILES string of the molecule is Cc1cccc(Cn2ccc(NC(=O)C(F)(F)F)n2)c1. The van der Waals surface area contributed by atoms with Crippen LogP contribution in [0.15, 0.2) is 36.5 Å². The van der Waals surface area contributed by atoms with E-state index in [1.54, 1.807) is 5.32 Å². The fourth-order valence-electron chi connectivity index (χ4n) is 1.70. The number of benzene rings is 1. The third kappa shape index (κ3) is 3.59. The van der Waals surface area contributed by atoms with Crippen LogP contribution in [0.1, 0.15) is 11.1 Å². The highest BCUT2D eigenvalue weighted by Gasteiger charge is 2.39. The van der Waals surface area contributed by atoms with Crippen molar-refractivity contribution in [1.82, 2.24) is 9.78 Å². The molecule has 0 fully saturated rings.